The summed E-state index contributed by atoms with van der Waals surface area (Å²) in [5.41, 5.74) is 3.36. The van der Waals surface area contributed by atoms with Crippen LogP contribution in [0.15, 0.2) is 54.1 Å². The molecule has 2 aromatic rings. The van der Waals surface area contributed by atoms with Gasteiger partial charge in [0.1, 0.15) is 17.4 Å². The molecule has 0 N–H and O–H groups in total. The van der Waals surface area contributed by atoms with Crippen molar-refractivity contribution in [2.24, 2.45) is 0 Å². The van der Waals surface area contributed by atoms with E-state index >= 15 is 0 Å². The highest BCUT2D eigenvalue weighted by Crippen LogP contribution is 2.21. The van der Waals surface area contributed by atoms with Crippen LogP contribution in [-0.4, -0.2) is 24.0 Å². The minimum absolute atomic E-state index is 0.146. The fourth-order valence-corrected chi connectivity index (χ4v) is 3.01. The lowest BCUT2D eigenvalue weighted by molar-refractivity contribution is -0.127. The molecule has 0 unspecified atom stereocenters. The third-order valence-electron chi connectivity index (χ3n) is 4.25. The largest absolute Gasteiger partial charge is 0.494 e. The van der Waals surface area contributed by atoms with Gasteiger partial charge in [-0.1, -0.05) is 36.4 Å². The molecule has 0 aromatic heterocycles. The number of nitriles is 1. The third kappa shape index (κ3) is 3.89. The summed E-state index contributed by atoms with van der Waals surface area (Å²) in [6, 6.07) is 17.6. The Balaban J connectivity index is 1.80. The minimum Gasteiger partial charge on any atom is -0.494 e. The van der Waals surface area contributed by atoms with Crippen molar-refractivity contribution in [2.45, 2.75) is 19.9 Å². The lowest BCUT2D eigenvalue weighted by Gasteiger charge is -2.28. The molecule has 0 saturated carbocycles. The highest BCUT2D eigenvalue weighted by molar-refractivity contribution is 6.01. The summed E-state index contributed by atoms with van der Waals surface area (Å²) < 4.78 is 5.47. The first-order chi connectivity index (χ1) is 12.2. The van der Waals surface area contributed by atoms with Crippen LogP contribution in [0, 0.1) is 11.3 Å². The number of ether oxygens (including phenoxy) is 1. The van der Waals surface area contributed by atoms with Crippen LogP contribution in [0.1, 0.15) is 23.6 Å². The van der Waals surface area contributed by atoms with E-state index in [1.54, 1.807) is 11.0 Å². The molecule has 4 heteroatoms. The third-order valence-corrected chi connectivity index (χ3v) is 4.25. The minimum atomic E-state index is -0.223. The predicted molar refractivity (Wildman–Crippen MR) is 96.8 cm³/mol. The molecule has 0 atom stereocenters. The molecule has 0 fully saturated rings. The van der Waals surface area contributed by atoms with Gasteiger partial charge in [0.15, 0.2) is 0 Å². The van der Waals surface area contributed by atoms with Crippen LogP contribution in [0.5, 0.6) is 5.75 Å². The van der Waals surface area contributed by atoms with E-state index in [0.29, 0.717) is 19.7 Å². The van der Waals surface area contributed by atoms with E-state index in [-0.39, 0.29) is 11.5 Å². The summed E-state index contributed by atoms with van der Waals surface area (Å²) in [4.78, 5) is 14.5. The lowest BCUT2D eigenvalue weighted by atomic mass is 9.99. The SMILES string of the molecule is CCOc1cccc(/C=C(\C#N)C(=O)N2CCc3ccccc3C2)c1. The van der Waals surface area contributed by atoms with E-state index in [2.05, 4.69) is 12.1 Å². The van der Waals surface area contributed by atoms with Crippen LogP contribution in [0.2, 0.25) is 0 Å². The van der Waals surface area contributed by atoms with E-state index in [9.17, 15) is 10.1 Å². The standard InChI is InChI=1S/C21H20N2O2/c1-2-25-20-9-5-6-16(13-20)12-19(14-22)21(24)23-11-10-17-7-3-4-8-18(17)15-23/h3-9,12-13H,2,10-11,15H2,1H3/b19-12+. The molecule has 0 aliphatic carbocycles. The van der Waals surface area contributed by atoms with E-state index < -0.39 is 0 Å². The number of hydrogen-bond acceptors (Lipinski definition) is 3. The first-order valence-corrected chi connectivity index (χ1v) is 8.42. The van der Waals surface area contributed by atoms with Crippen molar-refractivity contribution in [2.75, 3.05) is 13.2 Å². The van der Waals surface area contributed by atoms with Crippen molar-refractivity contribution < 1.29 is 9.53 Å². The normalized spacial score (nSPS) is 13.8. The van der Waals surface area contributed by atoms with Gasteiger partial charge >= 0.3 is 0 Å². The molecule has 126 valence electrons. The van der Waals surface area contributed by atoms with Gasteiger partial charge in [0.2, 0.25) is 0 Å². The smallest absolute Gasteiger partial charge is 0.264 e. The lowest BCUT2D eigenvalue weighted by Crippen LogP contribution is -2.36. The predicted octanol–water partition coefficient (Wildman–Crippen LogP) is 3.58. The van der Waals surface area contributed by atoms with Crippen LogP contribution < -0.4 is 4.74 Å². The average molecular weight is 332 g/mol. The van der Waals surface area contributed by atoms with E-state index in [0.717, 1.165) is 23.3 Å². The van der Waals surface area contributed by atoms with Gasteiger partial charge in [-0.05, 0) is 48.2 Å². The van der Waals surface area contributed by atoms with Crippen LogP contribution in [0.25, 0.3) is 6.08 Å². The molecule has 1 amide bonds. The molecule has 3 rings (SSSR count). The fraction of sp³-hybridized carbons (Fsp3) is 0.238. The second-order valence-electron chi connectivity index (χ2n) is 5.92. The second kappa shape index (κ2) is 7.67. The number of amides is 1. The molecule has 1 heterocycles. The molecular formula is C21H20N2O2. The summed E-state index contributed by atoms with van der Waals surface area (Å²) in [6.07, 6.45) is 2.45. The summed E-state index contributed by atoms with van der Waals surface area (Å²) in [5, 5.41) is 9.46. The van der Waals surface area contributed by atoms with Crippen molar-refractivity contribution in [1.29, 1.82) is 5.26 Å². The van der Waals surface area contributed by atoms with Gasteiger partial charge < -0.3 is 9.64 Å². The maximum absolute atomic E-state index is 12.8. The molecule has 0 bridgehead atoms. The zero-order valence-corrected chi connectivity index (χ0v) is 14.2. The Kier molecular flexibility index (Phi) is 5.15. The molecule has 0 spiro atoms. The molecule has 1 aliphatic rings. The Labute approximate surface area is 148 Å². The van der Waals surface area contributed by atoms with Crippen molar-refractivity contribution in [1.82, 2.24) is 4.90 Å². The Morgan fingerprint density at radius 3 is 2.80 bits per heavy atom. The zero-order valence-electron chi connectivity index (χ0n) is 14.2. The van der Waals surface area contributed by atoms with Gasteiger partial charge in [-0.15, -0.1) is 0 Å². The quantitative estimate of drug-likeness (QED) is 0.635. The first kappa shape index (κ1) is 16.8. The highest BCUT2D eigenvalue weighted by Gasteiger charge is 2.23. The molecule has 4 nitrogen and oxygen atoms in total. The van der Waals surface area contributed by atoms with Crippen LogP contribution in [0.3, 0.4) is 0 Å². The Morgan fingerprint density at radius 1 is 1.24 bits per heavy atom. The fourth-order valence-electron chi connectivity index (χ4n) is 3.01. The van der Waals surface area contributed by atoms with Crippen LogP contribution in [0.4, 0.5) is 0 Å². The average Bonchev–Trinajstić information content (AvgIpc) is 2.66. The van der Waals surface area contributed by atoms with Crippen molar-refractivity contribution in [3.8, 4) is 11.8 Å². The van der Waals surface area contributed by atoms with Crippen LogP contribution in [-0.2, 0) is 17.8 Å². The molecular weight excluding hydrogens is 312 g/mol. The van der Waals surface area contributed by atoms with Gasteiger partial charge in [-0.3, -0.25) is 4.79 Å². The second-order valence-corrected chi connectivity index (χ2v) is 5.92. The number of rotatable bonds is 4. The molecule has 0 saturated heterocycles. The van der Waals surface area contributed by atoms with Gasteiger partial charge in [-0.25, -0.2) is 0 Å². The number of carbonyl (C=O) groups excluding carboxylic acids is 1. The number of hydrogen-bond donors (Lipinski definition) is 0. The zero-order chi connectivity index (χ0) is 17.6. The van der Waals surface area contributed by atoms with Gasteiger partial charge in [0.25, 0.3) is 5.91 Å². The number of fused-ring (bicyclic) bond motifs is 1. The summed E-state index contributed by atoms with van der Waals surface area (Å²) in [5.74, 6) is 0.506. The molecule has 2 aromatic carbocycles. The van der Waals surface area contributed by atoms with Crippen molar-refractivity contribution >= 4 is 12.0 Å². The Morgan fingerprint density at radius 2 is 2.04 bits per heavy atom. The Hall–Kier alpha value is -3.06. The monoisotopic (exact) mass is 332 g/mol. The topological polar surface area (TPSA) is 53.3 Å². The highest BCUT2D eigenvalue weighted by atomic mass is 16.5. The number of carbonyl (C=O) groups is 1. The van der Waals surface area contributed by atoms with Crippen LogP contribution >= 0.6 is 0 Å². The van der Waals surface area contributed by atoms with Crippen molar-refractivity contribution in [3.05, 3.63) is 70.8 Å². The Bertz CT molecular complexity index is 849. The maximum Gasteiger partial charge on any atom is 0.264 e. The first-order valence-electron chi connectivity index (χ1n) is 8.42. The van der Waals surface area contributed by atoms with E-state index in [4.69, 9.17) is 4.74 Å². The van der Waals surface area contributed by atoms with E-state index in [1.807, 2.05) is 49.4 Å². The molecule has 25 heavy (non-hydrogen) atoms. The molecule has 0 radical (unpaired) electrons. The summed E-state index contributed by atoms with van der Waals surface area (Å²) in [6.45, 7) is 3.67. The van der Waals surface area contributed by atoms with Gasteiger partial charge in [-0.2, -0.15) is 5.26 Å². The maximum atomic E-state index is 12.8. The number of benzene rings is 2. The van der Waals surface area contributed by atoms with Crippen molar-refractivity contribution in [3.63, 3.8) is 0 Å². The van der Waals surface area contributed by atoms with Gasteiger partial charge in [0, 0.05) is 13.1 Å². The summed E-state index contributed by atoms with van der Waals surface area (Å²) >= 11 is 0. The van der Waals surface area contributed by atoms with E-state index in [1.165, 1.54) is 5.56 Å². The number of nitrogens with zero attached hydrogens (tertiary/aromatic N) is 2. The molecule has 1 aliphatic heterocycles. The van der Waals surface area contributed by atoms with Gasteiger partial charge in [0.05, 0.1) is 6.61 Å². The summed E-state index contributed by atoms with van der Waals surface area (Å²) in [7, 11) is 0.